The number of aromatic nitrogens is 1. The number of nitrogens with one attached hydrogen (secondary N) is 1. The molecule has 1 aromatic carbocycles. The molecule has 1 saturated heterocycles. The van der Waals surface area contributed by atoms with Crippen LogP contribution >= 0.6 is 11.8 Å². The minimum Gasteiger partial charge on any atom is -1.00 e. The summed E-state index contributed by atoms with van der Waals surface area (Å²) in [5.74, 6) is -0.119. The summed E-state index contributed by atoms with van der Waals surface area (Å²) in [7, 11) is 0. The van der Waals surface area contributed by atoms with Crippen LogP contribution in [0.5, 0.6) is 0 Å². The second kappa shape index (κ2) is 26.2. The molecule has 3 rings (SSSR count). The molecule has 1 aliphatic heterocycles. The van der Waals surface area contributed by atoms with Crippen LogP contribution in [0.1, 0.15) is 135 Å². The van der Waals surface area contributed by atoms with Crippen molar-refractivity contribution in [3.63, 3.8) is 0 Å². The maximum Gasteiger partial charge on any atom is 0.407 e. The molecule has 0 aliphatic carbocycles. The van der Waals surface area contributed by atoms with E-state index in [1.54, 1.807) is 11.8 Å². The maximum atomic E-state index is 12.2. The van der Waals surface area contributed by atoms with Crippen LogP contribution in [0.3, 0.4) is 0 Å². The fraction of sp³-hybridized carbons (Fsp3) is 0.711. The van der Waals surface area contributed by atoms with Crippen molar-refractivity contribution >= 4 is 34.7 Å². The minimum absolute atomic E-state index is 0. The van der Waals surface area contributed by atoms with Crippen molar-refractivity contribution < 1.29 is 40.6 Å². The third-order valence-corrected chi connectivity index (χ3v) is 10.3. The Bertz CT molecular complexity index is 1080. The molecule has 2 atom stereocenters. The number of esters is 1. The Kier molecular flexibility index (Phi) is 23.0. The molecule has 1 aromatic heterocycles. The number of ether oxygens (including phenoxy) is 2. The van der Waals surface area contributed by atoms with E-state index >= 15 is 0 Å². The summed E-state index contributed by atoms with van der Waals surface area (Å²) in [6, 6.07) is 12.6. The average molecular weight is 722 g/mol. The number of rotatable bonds is 26. The van der Waals surface area contributed by atoms with Gasteiger partial charge in [0.25, 0.3) is 0 Å². The topological polar surface area (TPSA) is 68.5 Å². The third-order valence-electron chi connectivity index (χ3n) is 8.86. The molecule has 8 heteroatoms. The molecular weight excluding hydrogens is 660 g/mol. The van der Waals surface area contributed by atoms with Crippen LogP contribution in [0.25, 0.3) is 10.9 Å². The van der Waals surface area contributed by atoms with Crippen LogP contribution in [0.2, 0.25) is 0 Å². The lowest BCUT2D eigenvalue weighted by atomic mass is 10.0. The van der Waals surface area contributed by atoms with Gasteiger partial charge in [-0.25, -0.2) is 4.79 Å². The molecule has 0 unspecified atom stereocenters. The van der Waals surface area contributed by atoms with Crippen molar-refractivity contribution in [2.45, 2.75) is 152 Å². The summed E-state index contributed by atoms with van der Waals surface area (Å²) in [5, 5.41) is 4.72. The highest BCUT2D eigenvalue weighted by molar-refractivity contribution is 8.01. The zero-order valence-electron chi connectivity index (χ0n) is 28.5. The molecule has 46 heavy (non-hydrogen) atoms. The van der Waals surface area contributed by atoms with Gasteiger partial charge >= 0.3 is 12.1 Å². The monoisotopic (exact) mass is 720 g/mol. The van der Waals surface area contributed by atoms with Crippen molar-refractivity contribution in [3.8, 4) is 0 Å². The van der Waals surface area contributed by atoms with E-state index in [0.29, 0.717) is 36.7 Å². The van der Waals surface area contributed by atoms with Crippen LogP contribution in [0.15, 0.2) is 42.6 Å². The molecule has 0 saturated carbocycles. The van der Waals surface area contributed by atoms with Crippen LogP contribution in [0, 0.1) is 0 Å². The fourth-order valence-electron chi connectivity index (χ4n) is 6.08. The number of hydrogen-bond donors (Lipinski definition) is 1. The first-order chi connectivity index (χ1) is 22.2. The van der Waals surface area contributed by atoms with Gasteiger partial charge in [0.2, 0.25) is 5.52 Å². The normalized spacial score (nSPS) is 15.6. The first kappa shape index (κ1) is 40.4. The number of carbonyl (C=O) groups excluding carboxylic acids is 2. The summed E-state index contributed by atoms with van der Waals surface area (Å²) in [6.45, 7) is 4.73. The highest BCUT2D eigenvalue weighted by Gasteiger charge is 2.31. The smallest absolute Gasteiger partial charge is 0.407 e. The van der Waals surface area contributed by atoms with Gasteiger partial charge in [-0.05, 0) is 31.4 Å². The molecule has 260 valence electrons. The van der Waals surface area contributed by atoms with E-state index in [-0.39, 0.29) is 29.0 Å². The SMILES string of the molecule is CCCCCCCCCCCCCCCCCCNC(=O)OC[C@@H]1C[C@@H](COC(=O)CCCC[n+]2cccc3ccccc32)S1.[Br-]. The van der Waals surface area contributed by atoms with Crippen LogP contribution in [-0.4, -0.2) is 42.3 Å². The number of fused-ring (bicyclic) bond motifs is 1. The first-order valence-electron chi connectivity index (χ1n) is 18.2. The molecular formula is C38H61BrN2O4S. The van der Waals surface area contributed by atoms with E-state index in [9.17, 15) is 9.59 Å². The van der Waals surface area contributed by atoms with Gasteiger partial charge in [0, 0.05) is 47.4 Å². The Balaban J connectivity index is 0.00000736. The number of halogens is 1. The number of benzene rings is 1. The lowest BCUT2D eigenvalue weighted by Gasteiger charge is -2.33. The Morgan fingerprint density at radius 1 is 0.739 bits per heavy atom. The molecule has 0 radical (unpaired) electrons. The number of amides is 1. The molecule has 1 fully saturated rings. The maximum absolute atomic E-state index is 12.2. The predicted molar refractivity (Wildman–Crippen MR) is 188 cm³/mol. The van der Waals surface area contributed by atoms with E-state index in [1.165, 1.54) is 107 Å². The zero-order valence-corrected chi connectivity index (χ0v) is 30.9. The first-order valence-corrected chi connectivity index (χ1v) is 19.2. The van der Waals surface area contributed by atoms with Gasteiger partial charge in [-0.1, -0.05) is 115 Å². The quantitative estimate of drug-likeness (QED) is 0.0666. The minimum atomic E-state index is -0.312. The van der Waals surface area contributed by atoms with Gasteiger partial charge in [0.1, 0.15) is 19.8 Å². The van der Waals surface area contributed by atoms with Crippen LogP contribution in [0.4, 0.5) is 4.79 Å². The molecule has 1 aliphatic rings. The van der Waals surface area contributed by atoms with Crippen molar-refractivity contribution in [2.24, 2.45) is 0 Å². The van der Waals surface area contributed by atoms with Gasteiger partial charge < -0.3 is 31.8 Å². The summed E-state index contributed by atoms with van der Waals surface area (Å²) in [5.41, 5.74) is 1.22. The van der Waals surface area contributed by atoms with E-state index in [1.807, 2.05) is 0 Å². The second-order valence-corrected chi connectivity index (χ2v) is 14.5. The molecule has 0 bridgehead atoms. The number of aryl methyl sites for hydroxylation is 1. The number of unbranched alkanes of at least 4 members (excludes halogenated alkanes) is 16. The molecule has 1 N–H and O–H groups in total. The molecule has 0 spiro atoms. The Hall–Kier alpha value is -1.80. The summed E-state index contributed by atoms with van der Waals surface area (Å²) < 4.78 is 13.1. The Morgan fingerprint density at radius 3 is 1.91 bits per heavy atom. The van der Waals surface area contributed by atoms with Gasteiger partial charge in [-0.15, -0.1) is 11.8 Å². The zero-order chi connectivity index (χ0) is 31.8. The lowest BCUT2D eigenvalue weighted by Crippen LogP contribution is -3.00. The summed E-state index contributed by atoms with van der Waals surface area (Å²) >= 11 is 1.75. The van der Waals surface area contributed by atoms with E-state index < -0.39 is 0 Å². The Labute approximate surface area is 294 Å². The van der Waals surface area contributed by atoms with Gasteiger partial charge in [0.05, 0.1) is 0 Å². The molecule has 2 aromatic rings. The highest BCUT2D eigenvalue weighted by Crippen LogP contribution is 2.36. The number of thioether (sulfide) groups is 1. The number of para-hydroxylation sites is 1. The van der Waals surface area contributed by atoms with Gasteiger partial charge in [-0.2, -0.15) is 4.57 Å². The summed E-state index contributed by atoms with van der Waals surface area (Å²) in [6.07, 6.45) is 26.5. The number of carbonyl (C=O) groups is 2. The number of nitrogens with zero attached hydrogens (tertiary/aromatic N) is 1. The number of hydrogen-bond acceptors (Lipinski definition) is 5. The largest absolute Gasteiger partial charge is 1.00 e. The predicted octanol–water partition coefficient (Wildman–Crippen LogP) is 6.71. The van der Waals surface area contributed by atoms with E-state index in [0.717, 1.165) is 32.2 Å². The van der Waals surface area contributed by atoms with Crippen molar-refractivity contribution in [3.05, 3.63) is 42.6 Å². The van der Waals surface area contributed by atoms with Crippen molar-refractivity contribution in [1.82, 2.24) is 5.32 Å². The Morgan fingerprint density at radius 2 is 1.28 bits per heavy atom. The van der Waals surface area contributed by atoms with E-state index in [2.05, 4.69) is 59.4 Å². The molecule has 2 heterocycles. The molecule has 1 amide bonds. The average Bonchev–Trinajstić information content (AvgIpc) is 3.03. The van der Waals surface area contributed by atoms with Crippen LogP contribution in [-0.2, 0) is 20.8 Å². The second-order valence-electron chi connectivity index (χ2n) is 12.8. The fourth-order valence-corrected chi connectivity index (χ4v) is 7.24. The van der Waals surface area contributed by atoms with Crippen molar-refractivity contribution in [2.75, 3.05) is 19.8 Å². The highest BCUT2D eigenvalue weighted by atomic mass is 79.9. The number of alkyl carbamates (subject to hydrolysis) is 1. The number of pyridine rings is 1. The standard InChI is InChI=1S/C38H60N2O4S.BrH/c1-2-3-4-5-6-7-8-9-10-11-12-13-14-15-16-20-27-39-38(42)44-32-35-30-34(45-35)31-43-37(41)26-19-21-28-40-29-22-24-33-23-17-18-25-36(33)40;/h17-18,22-25,29,34-35H,2-16,19-21,26-28,30-32H2,1H3;1H/t34-,35-;/m0./s1. The van der Waals surface area contributed by atoms with Gasteiger partial charge in [0.15, 0.2) is 6.20 Å². The van der Waals surface area contributed by atoms with Crippen LogP contribution < -0.4 is 26.9 Å². The van der Waals surface area contributed by atoms with Crippen molar-refractivity contribution in [1.29, 1.82) is 0 Å². The molecule has 6 nitrogen and oxygen atoms in total. The lowest BCUT2D eigenvalue weighted by molar-refractivity contribution is -0.671. The summed E-state index contributed by atoms with van der Waals surface area (Å²) in [4.78, 5) is 24.2. The van der Waals surface area contributed by atoms with E-state index in [4.69, 9.17) is 9.47 Å². The van der Waals surface area contributed by atoms with Gasteiger partial charge in [-0.3, -0.25) is 4.79 Å². The third kappa shape index (κ3) is 17.9.